The quantitative estimate of drug-likeness (QED) is 0.584. The minimum Gasteiger partial charge on any atom is -0.321 e. The first-order valence-corrected chi connectivity index (χ1v) is 9.58. The van der Waals surface area contributed by atoms with Crippen LogP contribution in [0.2, 0.25) is 0 Å². The van der Waals surface area contributed by atoms with Crippen LogP contribution < -0.4 is 0 Å². The van der Waals surface area contributed by atoms with E-state index in [1.807, 2.05) is 0 Å². The molecule has 0 heterocycles. The minimum atomic E-state index is 1.04. The maximum absolute atomic E-state index is 2.41. The monoisotopic (exact) mass is 278 g/mol. The molecule has 1 nitrogen and oxygen atoms in total. The Hall–Kier alpha value is -0.0400. The van der Waals surface area contributed by atoms with Crippen molar-refractivity contribution in [2.75, 3.05) is 19.6 Å². The zero-order chi connectivity index (χ0) is 14.2. The maximum Gasteiger partial charge on any atom is 0.0947 e. The minimum absolute atomic E-state index is 1.04. The second-order valence-corrected chi connectivity index (χ2v) is 8.31. The molecule has 0 aromatic heterocycles. The van der Waals surface area contributed by atoms with Crippen LogP contribution in [-0.2, 0) is 0 Å². The number of nitrogens with zero attached hydrogens (tertiary/aromatic N) is 1. The van der Waals surface area contributed by atoms with E-state index in [9.17, 15) is 0 Å². The third kappa shape index (κ3) is 2.45. The standard InChI is InChI=1S/C19H36N/c1-4-7-20(8-5-2,9-6-3)19-17-11-15-10-16(13-17)14-18(19)12-15/h15-19H,4-14H2,1-3H3/q+1. The first kappa shape index (κ1) is 14.9. The predicted octanol–water partition coefficient (Wildman–Crippen LogP) is 4.86. The Morgan fingerprint density at radius 2 is 1.05 bits per heavy atom. The summed E-state index contributed by atoms with van der Waals surface area (Å²) >= 11 is 0. The van der Waals surface area contributed by atoms with Crippen LogP contribution in [0.1, 0.15) is 72.1 Å². The fourth-order valence-corrected chi connectivity index (χ4v) is 6.91. The highest BCUT2D eigenvalue weighted by atomic mass is 15.4. The maximum atomic E-state index is 2.41. The van der Waals surface area contributed by atoms with Gasteiger partial charge in [-0.1, -0.05) is 20.8 Å². The summed E-state index contributed by atoms with van der Waals surface area (Å²) in [5, 5.41) is 0. The summed E-state index contributed by atoms with van der Waals surface area (Å²) in [7, 11) is 0. The predicted molar refractivity (Wildman–Crippen MR) is 86.6 cm³/mol. The molecule has 20 heavy (non-hydrogen) atoms. The van der Waals surface area contributed by atoms with Crippen LogP contribution >= 0.6 is 0 Å². The van der Waals surface area contributed by atoms with Crippen molar-refractivity contribution in [2.45, 2.75) is 78.2 Å². The zero-order valence-corrected chi connectivity index (χ0v) is 14.1. The fraction of sp³-hybridized carbons (Fsp3) is 1.00. The molecule has 0 N–H and O–H groups in total. The van der Waals surface area contributed by atoms with Gasteiger partial charge in [0.2, 0.25) is 0 Å². The summed E-state index contributed by atoms with van der Waals surface area (Å²) in [6, 6.07) is 1.04. The van der Waals surface area contributed by atoms with Crippen molar-refractivity contribution in [3.05, 3.63) is 0 Å². The smallest absolute Gasteiger partial charge is 0.0947 e. The van der Waals surface area contributed by atoms with E-state index in [0.717, 1.165) is 29.7 Å². The van der Waals surface area contributed by atoms with Gasteiger partial charge in [-0.05, 0) is 63.2 Å². The lowest BCUT2D eigenvalue weighted by atomic mass is 9.53. The average Bonchev–Trinajstić information content (AvgIpc) is 2.38. The van der Waals surface area contributed by atoms with Gasteiger partial charge in [-0.15, -0.1) is 0 Å². The molecular formula is C19H36N+. The Kier molecular flexibility index (Phi) is 4.45. The van der Waals surface area contributed by atoms with Gasteiger partial charge in [-0.2, -0.15) is 0 Å². The highest BCUT2D eigenvalue weighted by molar-refractivity contribution is 4.99. The van der Waals surface area contributed by atoms with E-state index in [1.54, 1.807) is 32.1 Å². The van der Waals surface area contributed by atoms with Crippen LogP contribution in [0.15, 0.2) is 0 Å². The summed E-state index contributed by atoms with van der Waals surface area (Å²) in [5.74, 6) is 4.44. The Morgan fingerprint density at radius 1 is 0.650 bits per heavy atom. The molecular weight excluding hydrogens is 242 g/mol. The van der Waals surface area contributed by atoms with Crippen molar-refractivity contribution in [3.8, 4) is 0 Å². The topological polar surface area (TPSA) is 0 Å². The number of quaternary nitrogens is 1. The van der Waals surface area contributed by atoms with Crippen LogP contribution in [0.3, 0.4) is 0 Å². The first-order chi connectivity index (χ1) is 9.72. The van der Waals surface area contributed by atoms with E-state index in [0.29, 0.717) is 0 Å². The lowest BCUT2D eigenvalue weighted by Crippen LogP contribution is -2.66. The molecule has 4 aliphatic rings. The normalized spacial score (nSPS) is 39.5. The van der Waals surface area contributed by atoms with Crippen molar-refractivity contribution in [1.82, 2.24) is 0 Å². The summed E-state index contributed by atoms with van der Waals surface area (Å²) in [6.07, 6.45) is 12.1. The molecule has 0 unspecified atom stereocenters. The van der Waals surface area contributed by atoms with Gasteiger partial charge in [0.25, 0.3) is 0 Å². The number of hydrogen-bond donors (Lipinski definition) is 0. The number of rotatable bonds is 7. The molecule has 116 valence electrons. The second kappa shape index (κ2) is 5.99. The molecule has 0 atom stereocenters. The molecule has 0 aromatic rings. The summed E-state index contributed by atoms with van der Waals surface area (Å²) in [6.45, 7) is 11.6. The van der Waals surface area contributed by atoms with Gasteiger partial charge in [-0.25, -0.2) is 0 Å². The SMILES string of the molecule is CCC[N+](CCC)(CCC)C1C2CC3CC(C2)CC1C3. The van der Waals surface area contributed by atoms with Gasteiger partial charge >= 0.3 is 0 Å². The van der Waals surface area contributed by atoms with Crippen LogP contribution in [0.5, 0.6) is 0 Å². The van der Waals surface area contributed by atoms with Crippen LogP contribution in [0.4, 0.5) is 0 Å². The molecule has 4 bridgehead atoms. The van der Waals surface area contributed by atoms with E-state index in [4.69, 9.17) is 0 Å². The molecule has 0 aliphatic heterocycles. The Morgan fingerprint density at radius 3 is 1.40 bits per heavy atom. The molecule has 4 rings (SSSR count). The molecule has 4 saturated carbocycles. The first-order valence-electron chi connectivity index (χ1n) is 9.58. The van der Waals surface area contributed by atoms with Gasteiger partial charge in [0.15, 0.2) is 0 Å². The molecule has 4 aliphatic carbocycles. The summed E-state index contributed by atoms with van der Waals surface area (Å²) < 4.78 is 1.50. The van der Waals surface area contributed by atoms with Gasteiger partial charge in [0.1, 0.15) is 0 Å². The van der Waals surface area contributed by atoms with E-state index < -0.39 is 0 Å². The van der Waals surface area contributed by atoms with E-state index >= 15 is 0 Å². The van der Waals surface area contributed by atoms with Gasteiger partial charge < -0.3 is 4.48 Å². The van der Waals surface area contributed by atoms with Crippen molar-refractivity contribution in [2.24, 2.45) is 23.7 Å². The van der Waals surface area contributed by atoms with Gasteiger partial charge in [-0.3, -0.25) is 0 Å². The number of hydrogen-bond acceptors (Lipinski definition) is 0. The van der Waals surface area contributed by atoms with Crippen LogP contribution in [-0.4, -0.2) is 30.2 Å². The molecule has 4 fully saturated rings. The zero-order valence-electron chi connectivity index (χ0n) is 14.1. The Labute approximate surface area is 126 Å². The van der Waals surface area contributed by atoms with E-state index in [2.05, 4.69) is 20.8 Å². The van der Waals surface area contributed by atoms with E-state index in [1.165, 1.54) is 43.4 Å². The highest BCUT2D eigenvalue weighted by Gasteiger charge is 2.55. The van der Waals surface area contributed by atoms with Gasteiger partial charge in [0, 0.05) is 11.8 Å². The van der Waals surface area contributed by atoms with E-state index in [-0.39, 0.29) is 0 Å². The summed E-state index contributed by atoms with van der Waals surface area (Å²) in [5.41, 5.74) is 0. The van der Waals surface area contributed by atoms with Crippen molar-refractivity contribution < 1.29 is 4.48 Å². The fourth-order valence-electron chi connectivity index (χ4n) is 6.91. The van der Waals surface area contributed by atoms with Gasteiger partial charge in [0.05, 0.1) is 25.7 Å². The largest absolute Gasteiger partial charge is 0.321 e. The average molecular weight is 279 g/mol. The Balaban J connectivity index is 1.85. The van der Waals surface area contributed by atoms with Crippen LogP contribution in [0, 0.1) is 23.7 Å². The van der Waals surface area contributed by atoms with Crippen molar-refractivity contribution >= 4 is 0 Å². The molecule has 1 heteroatoms. The molecule has 0 saturated heterocycles. The molecule has 0 amide bonds. The van der Waals surface area contributed by atoms with Crippen LogP contribution in [0.25, 0.3) is 0 Å². The lowest BCUT2D eigenvalue weighted by Gasteiger charge is -2.60. The van der Waals surface area contributed by atoms with Crippen molar-refractivity contribution in [3.63, 3.8) is 0 Å². The third-order valence-corrected chi connectivity index (χ3v) is 6.82. The third-order valence-electron chi connectivity index (χ3n) is 6.82. The van der Waals surface area contributed by atoms with Crippen molar-refractivity contribution in [1.29, 1.82) is 0 Å². The molecule has 0 spiro atoms. The molecule has 0 radical (unpaired) electrons. The Bertz CT molecular complexity index is 277. The summed E-state index contributed by atoms with van der Waals surface area (Å²) in [4.78, 5) is 0. The lowest BCUT2D eigenvalue weighted by molar-refractivity contribution is -0.961. The highest BCUT2D eigenvalue weighted by Crippen LogP contribution is 2.56. The molecule has 0 aromatic carbocycles. The second-order valence-electron chi connectivity index (χ2n) is 8.31.